The van der Waals surface area contributed by atoms with Crippen LogP contribution in [0.4, 0.5) is 5.69 Å². The highest BCUT2D eigenvalue weighted by atomic mass is 35.5. The van der Waals surface area contributed by atoms with Crippen LogP contribution in [0.25, 0.3) is 0 Å². The van der Waals surface area contributed by atoms with Gasteiger partial charge in [-0.2, -0.15) is 0 Å². The molecule has 0 saturated heterocycles. The molecule has 6 nitrogen and oxygen atoms in total. The van der Waals surface area contributed by atoms with Gasteiger partial charge < -0.3 is 10.1 Å². The van der Waals surface area contributed by atoms with E-state index in [0.717, 1.165) is 31.4 Å². The Morgan fingerprint density at radius 2 is 1.66 bits per heavy atom. The molecule has 0 spiro atoms. The van der Waals surface area contributed by atoms with Crippen LogP contribution >= 0.6 is 11.6 Å². The highest BCUT2D eigenvalue weighted by Gasteiger charge is 2.29. The van der Waals surface area contributed by atoms with Crippen LogP contribution in [0.1, 0.15) is 43.0 Å². The van der Waals surface area contributed by atoms with Gasteiger partial charge in [0.2, 0.25) is 10.0 Å². The van der Waals surface area contributed by atoms with E-state index in [1.165, 1.54) is 12.1 Å². The van der Waals surface area contributed by atoms with E-state index in [2.05, 4.69) is 10.0 Å². The number of carbonyl (C=O) groups is 1. The van der Waals surface area contributed by atoms with E-state index in [1.54, 1.807) is 31.2 Å². The fourth-order valence-corrected chi connectivity index (χ4v) is 4.89. The second kappa shape index (κ2) is 9.61. The summed E-state index contributed by atoms with van der Waals surface area (Å²) >= 11 is 5.86. The highest BCUT2D eigenvalue weighted by molar-refractivity contribution is 7.89. The van der Waals surface area contributed by atoms with E-state index < -0.39 is 10.0 Å². The molecule has 0 aromatic heterocycles. The first kappa shape index (κ1) is 21.6. The van der Waals surface area contributed by atoms with Crippen molar-refractivity contribution in [1.29, 1.82) is 0 Å². The van der Waals surface area contributed by atoms with Gasteiger partial charge in [-0.15, -0.1) is 0 Å². The Hall–Kier alpha value is -2.09. The molecule has 2 unspecified atom stereocenters. The monoisotopic (exact) mass is 436 g/mol. The Bertz CT molecular complexity index is 930. The van der Waals surface area contributed by atoms with E-state index in [4.69, 9.17) is 16.3 Å². The lowest BCUT2D eigenvalue weighted by Gasteiger charge is -2.33. The van der Waals surface area contributed by atoms with E-state index in [-0.39, 0.29) is 22.9 Å². The highest BCUT2D eigenvalue weighted by Crippen LogP contribution is 2.25. The van der Waals surface area contributed by atoms with Crippen molar-refractivity contribution >= 4 is 33.3 Å². The molecule has 0 amide bonds. The third kappa shape index (κ3) is 5.72. The molecule has 2 aromatic carbocycles. The van der Waals surface area contributed by atoms with E-state index in [1.807, 2.05) is 12.1 Å². The number of hydrogen-bond acceptors (Lipinski definition) is 5. The predicted molar refractivity (Wildman–Crippen MR) is 114 cm³/mol. The van der Waals surface area contributed by atoms with E-state index >= 15 is 0 Å². The second-order valence-electron chi connectivity index (χ2n) is 7.01. The standard InChI is InChI=1S/C21H25ClN2O4S/c1-2-28-21(25)15-7-11-17(12-8-15)23-19-5-3-4-6-20(19)24-29(26,27)18-13-9-16(22)10-14-18/h7-14,19-20,23-24H,2-6H2,1H3. The number of rotatable bonds is 7. The quantitative estimate of drug-likeness (QED) is 0.635. The maximum Gasteiger partial charge on any atom is 0.338 e. The van der Waals surface area contributed by atoms with Crippen molar-refractivity contribution in [3.63, 3.8) is 0 Å². The molecular weight excluding hydrogens is 412 g/mol. The average Bonchev–Trinajstić information content (AvgIpc) is 2.70. The van der Waals surface area contributed by atoms with Crippen LogP contribution in [0.3, 0.4) is 0 Å². The van der Waals surface area contributed by atoms with Crippen LogP contribution < -0.4 is 10.0 Å². The molecule has 0 aliphatic heterocycles. The summed E-state index contributed by atoms with van der Waals surface area (Å²) < 4.78 is 33.3. The summed E-state index contributed by atoms with van der Waals surface area (Å²) in [5.74, 6) is -0.356. The minimum absolute atomic E-state index is 0.0423. The Kier molecular flexibility index (Phi) is 7.16. The molecule has 2 N–H and O–H groups in total. The molecule has 1 saturated carbocycles. The number of benzene rings is 2. The van der Waals surface area contributed by atoms with E-state index in [0.29, 0.717) is 17.2 Å². The zero-order valence-electron chi connectivity index (χ0n) is 16.2. The Morgan fingerprint density at radius 3 is 2.28 bits per heavy atom. The van der Waals surface area contributed by atoms with Crippen molar-refractivity contribution in [1.82, 2.24) is 4.72 Å². The van der Waals surface area contributed by atoms with Crippen LogP contribution in [0, 0.1) is 0 Å². The first-order valence-electron chi connectivity index (χ1n) is 9.70. The Labute approximate surface area is 176 Å². The van der Waals surface area contributed by atoms with Crippen molar-refractivity contribution in [3.05, 3.63) is 59.1 Å². The molecule has 0 bridgehead atoms. The fourth-order valence-electron chi connectivity index (χ4n) is 3.46. The molecule has 8 heteroatoms. The molecule has 0 radical (unpaired) electrons. The minimum atomic E-state index is -3.64. The predicted octanol–water partition coefficient (Wildman–Crippen LogP) is 4.22. The lowest BCUT2D eigenvalue weighted by Crippen LogP contribution is -2.48. The van der Waals surface area contributed by atoms with Gasteiger partial charge >= 0.3 is 5.97 Å². The lowest BCUT2D eigenvalue weighted by molar-refractivity contribution is 0.0526. The smallest absolute Gasteiger partial charge is 0.338 e. The van der Waals surface area contributed by atoms with Crippen molar-refractivity contribution in [2.75, 3.05) is 11.9 Å². The van der Waals surface area contributed by atoms with Gasteiger partial charge in [-0.05, 0) is 68.3 Å². The first-order valence-corrected chi connectivity index (χ1v) is 11.6. The molecule has 3 rings (SSSR count). The minimum Gasteiger partial charge on any atom is -0.462 e. The van der Waals surface area contributed by atoms with Gasteiger partial charge in [0.15, 0.2) is 0 Å². The van der Waals surface area contributed by atoms with Gasteiger partial charge in [0.1, 0.15) is 0 Å². The van der Waals surface area contributed by atoms with Crippen molar-refractivity contribution in [2.24, 2.45) is 0 Å². The van der Waals surface area contributed by atoms with Crippen LogP contribution in [0.15, 0.2) is 53.4 Å². The molecule has 2 aromatic rings. The number of anilines is 1. The molecule has 2 atom stereocenters. The summed E-state index contributed by atoms with van der Waals surface area (Å²) in [5, 5.41) is 3.91. The van der Waals surface area contributed by atoms with Gasteiger partial charge in [0, 0.05) is 22.8 Å². The maximum atomic E-state index is 12.8. The van der Waals surface area contributed by atoms with Crippen LogP contribution in [-0.2, 0) is 14.8 Å². The van der Waals surface area contributed by atoms with Gasteiger partial charge in [-0.25, -0.2) is 17.9 Å². The molecular formula is C21H25ClN2O4S. The number of halogens is 1. The summed E-state index contributed by atoms with van der Waals surface area (Å²) in [4.78, 5) is 12.0. The molecule has 1 fully saturated rings. The summed E-state index contributed by atoms with van der Waals surface area (Å²) in [6, 6.07) is 12.9. The SMILES string of the molecule is CCOC(=O)c1ccc(NC2CCCCC2NS(=O)(=O)c2ccc(Cl)cc2)cc1. The number of ether oxygens (including phenoxy) is 1. The third-order valence-electron chi connectivity index (χ3n) is 4.94. The lowest BCUT2D eigenvalue weighted by atomic mass is 9.91. The van der Waals surface area contributed by atoms with Crippen LogP contribution in [0.5, 0.6) is 0 Å². The molecule has 1 aliphatic carbocycles. The molecule has 0 heterocycles. The topological polar surface area (TPSA) is 84.5 Å². The Morgan fingerprint density at radius 1 is 1.03 bits per heavy atom. The number of esters is 1. The van der Waals surface area contributed by atoms with Gasteiger partial charge in [0.05, 0.1) is 17.1 Å². The normalized spacial score (nSPS) is 19.5. The van der Waals surface area contributed by atoms with Gasteiger partial charge in [-0.1, -0.05) is 24.4 Å². The summed E-state index contributed by atoms with van der Waals surface area (Å²) in [5.41, 5.74) is 1.32. The summed E-state index contributed by atoms with van der Waals surface area (Å²) in [6.07, 6.45) is 3.60. The van der Waals surface area contributed by atoms with E-state index in [9.17, 15) is 13.2 Å². The average molecular weight is 437 g/mol. The van der Waals surface area contributed by atoms with Crippen molar-refractivity contribution in [2.45, 2.75) is 49.6 Å². The number of nitrogens with one attached hydrogen (secondary N) is 2. The number of carbonyl (C=O) groups excluding carboxylic acids is 1. The van der Waals surface area contributed by atoms with Gasteiger partial charge in [-0.3, -0.25) is 0 Å². The zero-order chi connectivity index (χ0) is 20.9. The van der Waals surface area contributed by atoms with Gasteiger partial charge in [0.25, 0.3) is 0 Å². The summed E-state index contributed by atoms with van der Waals surface area (Å²) in [6.45, 7) is 2.10. The third-order valence-corrected chi connectivity index (χ3v) is 6.70. The van der Waals surface area contributed by atoms with Crippen LogP contribution in [-0.4, -0.2) is 33.1 Å². The molecule has 1 aliphatic rings. The molecule has 29 heavy (non-hydrogen) atoms. The fraction of sp³-hybridized carbons (Fsp3) is 0.381. The maximum absolute atomic E-state index is 12.8. The second-order valence-corrected chi connectivity index (χ2v) is 9.17. The Balaban J connectivity index is 1.69. The zero-order valence-corrected chi connectivity index (χ0v) is 17.8. The molecule has 156 valence electrons. The largest absolute Gasteiger partial charge is 0.462 e. The number of sulfonamides is 1. The first-order chi connectivity index (χ1) is 13.9. The van der Waals surface area contributed by atoms with Crippen molar-refractivity contribution < 1.29 is 17.9 Å². The van der Waals surface area contributed by atoms with Crippen molar-refractivity contribution in [3.8, 4) is 0 Å². The number of hydrogen-bond donors (Lipinski definition) is 2. The van der Waals surface area contributed by atoms with Crippen LogP contribution in [0.2, 0.25) is 5.02 Å². The summed E-state index contributed by atoms with van der Waals surface area (Å²) in [7, 11) is -3.64.